The number of oxime groups is 1. The predicted octanol–water partition coefficient (Wildman–Crippen LogP) is 3.87. The highest BCUT2D eigenvalue weighted by atomic mass is 16.6. The van der Waals surface area contributed by atoms with E-state index in [1.807, 2.05) is 54.2 Å². The van der Waals surface area contributed by atoms with Gasteiger partial charge in [0.25, 0.3) is 5.91 Å². The summed E-state index contributed by atoms with van der Waals surface area (Å²) in [6.45, 7) is 2.42. The molecule has 0 radical (unpaired) electrons. The van der Waals surface area contributed by atoms with Crippen LogP contribution >= 0.6 is 0 Å². The standard InChI is InChI=1S/C28H27N5O2/c1-18-12-21(27(29)32-35-2)5-7-23(18)17-30-28(34)22-6-4-19-13-20-8-9-26(33-11-3-10-31-33)16-25(20)15-24(19)14-22/h3-12,14,16H,13,15,17H2,1-2H3,(H2,29,32)(H,30,34). The molecule has 1 aromatic heterocycles. The second-order valence-corrected chi connectivity index (χ2v) is 8.72. The Kier molecular flexibility index (Phi) is 6.06. The minimum atomic E-state index is -0.0900. The van der Waals surface area contributed by atoms with Crippen molar-refractivity contribution in [3.63, 3.8) is 0 Å². The Balaban J connectivity index is 1.29. The Morgan fingerprint density at radius 3 is 2.51 bits per heavy atom. The highest BCUT2D eigenvalue weighted by Crippen LogP contribution is 2.29. The first-order valence-electron chi connectivity index (χ1n) is 11.5. The van der Waals surface area contributed by atoms with Crippen molar-refractivity contribution in [2.24, 2.45) is 10.9 Å². The van der Waals surface area contributed by atoms with E-state index in [-0.39, 0.29) is 5.91 Å². The minimum absolute atomic E-state index is 0.0900. The Morgan fingerprint density at radius 1 is 1.03 bits per heavy atom. The Labute approximate surface area is 204 Å². The number of fused-ring (bicyclic) bond motifs is 2. The van der Waals surface area contributed by atoms with Gasteiger partial charge in [-0.1, -0.05) is 29.4 Å². The lowest BCUT2D eigenvalue weighted by atomic mass is 9.85. The van der Waals surface area contributed by atoms with Crippen LogP contribution in [0.4, 0.5) is 0 Å². The zero-order valence-corrected chi connectivity index (χ0v) is 19.8. The number of nitrogens with zero attached hydrogens (tertiary/aromatic N) is 3. The van der Waals surface area contributed by atoms with Gasteiger partial charge in [0.1, 0.15) is 7.11 Å². The van der Waals surface area contributed by atoms with E-state index in [0.717, 1.165) is 35.2 Å². The molecule has 0 saturated carbocycles. The number of rotatable bonds is 6. The van der Waals surface area contributed by atoms with Crippen molar-refractivity contribution in [1.82, 2.24) is 15.1 Å². The van der Waals surface area contributed by atoms with Crippen LogP contribution in [0.2, 0.25) is 0 Å². The molecule has 0 spiro atoms. The lowest BCUT2D eigenvalue weighted by molar-refractivity contribution is 0.0950. The quantitative estimate of drug-likeness (QED) is 0.226. The first kappa shape index (κ1) is 22.4. The van der Waals surface area contributed by atoms with Crippen LogP contribution in [0, 0.1) is 6.92 Å². The largest absolute Gasteiger partial charge is 0.397 e. The molecule has 7 heteroatoms. The molecule has 0 saturated heterocycles. The lowest BCUT2D eigenvalue weighted by Crippen LogP contribution is -2.24. The normalized spacial score (nSPS) is 12.6. The van der Waals surface area contributed by atoms with Crippen LogP contribution in [-0.4, -0.2) is 28.6 Å². The Morgan fingerprint density at radius 2 is 1.77 bits per heavy atom. The fourth-order valence-electron chi connectivity index (χ4n) is 4.51. The van der Waals surface area contributed by atoms with Gasteiger partial charge >= 0.3 is 0 Å². The molecule has 3 N–H and O–H groups in total. The van der Waals surface area contributed by atoms with Crippen molar-refractivity contribution in [3.8, 4) is 5.69 Å². The monoisotopic (exact) mass is 465 g/mol. The number of nitrogens with one attached hydrogen (secondary N) is 1. The van der Waals surface area contributed by atoms with Crippen LogP contribution in [0.15, 0.2) is 78.2 Å². The van der Waals surface area contributed by atoms with Crippen LogP contribution in [0.3, 0.4) is 0 Å². The van der Waals surface area contributed by atoms with Gasteiger partial charge < -0.3 is 15.9 Å². The molecule has 1 amide bonds. The van der Waals surface area contributed by atoms with Gasteiger partial charge in [-0.2, -0.15) is 5.10 Å². The van der Waals surface area contributed by atoms with Crippen molar-refractivity contribution < 1.29 is 9.63 Å². The van der Waals surface area contributed by atoms with Crippen molar-refractivity contribution in [3.05, 3.63) is 118 Å². The third-order valence-electron chi connectivity index (χ3n) is 6.46. The number of amidine groups is 1. The van der Waals surface area contributed by atoms with E-state index in [4.69, 9.17) is 10.6 Å². The molecule has 1 aliphatic carbocycles. The summed E-state index contributed by atoms with van der Waals surface area (Å²) in [4.78, 5) is 17.7. The summed E-state index contributed by atoms with van der Waals surface area (Å²) in [7, 11) is 1.46. The number of carbonyl (C=O) groups excluding carboxylic acids is 1. The van der Waals surface area contributed by atoms with Gasteiger partial charge in [0.15, 0.2) is 5.84 Å². The van der Waals surface area contributed by atoms with Crippen molar-refractivity contribution in [1.29, 1.82) is 0 Å². The molecule has 0 aliphatic heterocycles. The zero-order chi connectivity index (χ0) is 24.4. The minimum Gasteiger partial charge on any atom is -0.397 e. The van der Waals surface area contributed by atoms with Crippen LogP contribution in [0.1, 0.15) is 49.3 Å². The fourth-order valence-corrected chi connectivity index (χ4v) is 4.51. The molecule has 4 aromatic rings. The third kappa shape index (κ3) is 4.66. The number of benzene rings is 3. The van der Waals surface area contributed by atoms with Crippen LogP contribution in [0.5, 0.6) is 0 Å². The van der Waals surface area contributed by atoms with Gasteiger partial charge in [-0.25, -0.2) is 4.68 Å². The number of hydrogen-bond acceptors (Lipinski definition) is 4. The number of aromatic nitrogens is 2. The maximum absolute atomic E-state index is 13.0. The number of amides is 1. The van der Waals surface area contributed by atoms with E-state index in [1.165, 1.54) is 29.4 Å². The van der Waals surface area contributed by atoms with E-state index in [1.54, 1.807) is 6.20 Å². The Bertz CT molecular complexity index is 1420. The summed E-state index contributed by atoms with van der Waals surface area (Å²) in [5.74, 6) is 0.228. The van der Waals surface area contributed by atoms with Crippen molar-refractivity contribution >= 4 is 11.7 Å². The van der Waals surface area contributed by atoms with E-state index in [9.17, 15) is 4.79 Å². The number of carbonyl (C=O) groups is 1. The summed E-state index contributed by atoms with van der Waals surface area (Å²) >= 11 is 0. The molecule has 0 bridgehead atoms. The molecule has 35 heavy (non-hydrogen) atoms. The molecular weight excluding hydrogens is 438 g/mol. The average molecular weight is 466 g/mol. The molecule has 176 valence electrons. The molecular formula is C28H27N5O2. The number of hydrogen-bond donors (Lipinski definition) is 2. The molecule has 3 aromatic carbocycles. The van der Waals surface area contributed by atoms with Crippen LogP contribution in [-0.2, 0) is 24.2 Å². The van der Waals surface area contributed by atoms with Gasteiger partial charge in [-0.3, -0.25) is 4.79 Å². The first-order valence-corrected chi connectivity index (χ1v) is 11.5. The van der Waals surface area contributed by atoms with Crippen LogP contribution < -0.4 is 11.1 Å². The number of nitrogens with two attached hydrogens (primary N) is 1. The summed E-state index contributed by atoms with van der Waals surface area (Å²) in [5, 5.41) is 11.1. The maximum atomic E-state index is 13.0. The second kappa shape index (κ2) is 9.46. The summed E-state index contributed by atoms with van der Waals surface area (Å²) < 4.78 is 1.87. The lowest BCUT2D eigenvalue weighted by Gasteiger charge is -2.21. The van der Waals surface area contributed by atoms with Gasteiger partial charge in [-0.05, 0) is 89.5 Å². The summed E-state index contributed by atoms with van der Waals surface area (Å²) in [6, 6.07) is 20.2. The highest BCUT2D eigenvalue weighted by Gasteiger charge is 2.18. The van der Waals surface area contributed by atoms with Crippen molar-refractivity contribution in [2.75, 3.05) is 7.11 Å². The SMILES string of the molecule is CO/N=C(\N)c1ccc(CNC(=O)c2ccc3c(c2)Cc2cc(-n4cccn4)ccc2C3)c(C)c1. The van der Waals surface area contributed by atoms with Gasteiger partial charge in [0.2, 0.25) is 0 Å². The predicted molar refractivity (Wildman–Crippen MR) is 136 cm³/mol. The summed E-state index contributed by atoms with van der Waals surface area (Å²) in [5.41, 5.74) is 15.5. The molecule has 0 unspecified atom stereocenters. The topological polar surface area (TPSA) is 94.5 Å². The molecule has 1 aliphatic rings. The van der Waals surface area contributed by atoms with Gasteiger partial charge in [0.05, 0.1) is 5.69 Å². The second-order valence-electron chi connectivity index (χ2n) is 8.72. The van der Waals surface area contributed by atoms with E-state index in [2.05, 4.69) is 39.8 Å². The molecule has 7 nitrogen and oxygen atoms in total. The molecule has 0 atom stereocenters. The Hall–Kier alpha value is -4.39. The van der Waals surface area contributed by atoms with E-state index in [0.29, 0.717) is 17.9 Å². The van der Waals surface area contributed by atoms with Gasteiger partial charge in [0, 0.05) is 30.1 Å². The fraction of sp³-hybridized carbons (Fsp3) is 0.179. The zero-order valence-electron chi connectivity index (χ0n) is 19.8. The van der Waals surface area contributed by atoms with E-state index < -0.39 is 0 Å². The average Bonchev–Trinajstić information content (AvgIpc) is 3.41. The summed E-state index contributed by atoms with van der Waals surface area (Å²) in [6.07, 6.45) is 5.39. The molecule has 1 heterocycles. The van der Waals surface area contributed by atoms with Gasteiger partial charge in [-0.15, -0.1) is 0 Å². The van der Waals surface area contributed by atoms with Crippen molar-refractivity contribution in [2.45, 2.75) is 26.3 Å². The van der Waals surface area contributed by atoms with Crippen LogP contribution in [0.25, 0.3) is 5.69 Å². The third-order valence-corrected chi connectivity index (χ3v) is 6.46. The van der Waals surface area contributed by atoms with E-state index >= 15 is 0 Å². The smallest absolute Gasteiger partial charge is 0.251 e. The maximum Gasteiger partial charge on any atom is 0.251 e. The first-order chi connectivity index (χ1) is 17.0. The highest BCUT2D eigenvalue weighted by molar-refractivity contribution is 5.97. The number of aryl methyl sites for hydroxylation is 1. The molecule has 5 rings (SSSR count). The molecule has 0 fully saturated rings.